The summed E-state index contributed by atoms with van der Waals surface area (Å²) in [5, 5.41) is 40.3. The largest absolute Gasteiger partial charge is 0.490 e. The molecule has 5 heterocycles. The van der Waals surface area contributed by atoms with Crippen LogP contribution >= 0.6 is 11.3 Å². The lowest BCUT2D eigenvalue weighted by Crippen LogP contribution is -2.57. The number of likely N-dealkylation sites (tertiary alicyclic amines) is 1. The molecule has 71 heavy (non-hydrogen) atoms. The Morgan fingerprint density at radius 3 is 2.42 bits per heavy atom. The molecule has 0 bridgehead atoms. The van der Waals surface area contributed by atoms with Crippen molar-refractivity contribution in [1.82, 2.24) is 56.0 Å². The number of ether oxygens (including phenoxy) is 2. The summed E-state index contributed by atoms with van der Waals surface area (Å²) in [5.74, 6) is 5.35. The molecule has 0 radical (unpaired) electrons. The number of aliphatic hydroxyl groups excluding tert-OH is 1. The van der Waals surface area contributed by atoms with Crippen molar-refractivity contribution in [1.29, 1.82) is 0 Å². The minimum absolute atomic E-state index is 0.0210. The average molecular weight is 999 g/mol. The van der Waals surface area contributed by atoms with E-state index in [1.54, 1.807) is 36.9 Å². The van der Waals surface area contributed by atoms with Gasteiger partial charge in [-0.15, -0.1) is 11.3 Å². The lowest BCUT2D eigenvalue weighted by Gasteiger charge is -2.35. The van der Waals surface area contributed by atoms with Crippen molar-refractivity contribution in [2.45, 2.75) is 117 Å². The summed E-state index contributed by atoms with van der Waals surface area (Å²) in [6.45, 7) is 15.4. The molecular weight excluding hydrogens is 933 g/mol. The predicted molar refractivity (Wildman–Crippen MR) is 266 cm³/mol. The van der Waals surface area contributed by atoms with E-state index in [0.29, 0.717) is 73.8 Å². The van der Waals surface area contributed by atoms with Gasteiger partial charge in [-0.25, -0.2) is 19.6 Å². The molecule has 1 aromatic carbocycles. The number of hydrogen-bond acceptors (Lipinski definition) is 17. The van der Waals surface area contributed by atoms with Crippen LogP contribution in [0.25, 0.3) is 33.0 Å². The number of nitrogens with zero attached hydrogens (tertiary/aromatic N) is 7. The number of rotatable bonds is 23. The topological polar surface area (TPSA) is 287 Å². The van der Waals surface area contributed by atoms with Crippen LogP contribution < -0.4 is 31.7 Å². The Labute approximate surface area is 417 Å². The number of amides is 4. The number of β-amino-alcohol motifs (C(OH)–C–C–N with tert-alkyl or cyclic N) is 1. The molecule has 1 aliphatic rings. The van der Waals surface area contributed by atoms with Crippen LogP contribution in [0, 0.1) is 24.2 Å². The van der Waals surface area contributed by atoms with Crippen molar-refractivity contribution >= 4 is 51.8 Å². The molecule has 21 nitrogen and oxygen atoms in total. The van der Waals surface area contributed by atoms with Crippen molar-refractivity contribution in [2.75, 3.05) is 51.7 Å². The number of nitrogens with one attached hydrogen (secondary N) is 4. The first-order chi connectivity index (χ1) is 33.8. The van der Waals surface area contributed by atoms with Gasteiger partial charge in [0, 0.05) is 45.4 Å². The van der Waals surface area contributed by atoms with E-state index in [4.69, 9.17) is 24.8 Å². The monoisotopic (exact) mass is 998 g/mol. The van der Waals surface area contributed by atoms with Crippen LogP contribution in [0.5, 0.6) is 5.75 Å². The smallest absolute Gasteiger partial charge is 0.246 e. The van der Waals surface area contributed by atoms with Gasteiger partial charge in [0.1, 0.15) is 34.4 Å². The molecule has 8 N–H and O–H groups in total. The average Bonchev–Trinajstić information content (AvgIpc) is 4.14. The molecule has 382 valence electrons. The fraction of sp³-hybridized carbons (Fsp3) is 0.531. The number of nitrogen functional groups attached to an aromatic ring is 1. The Morgan fingerprint density at radius 2 is 1.75 bits per heavy atom. The molecule has 0 aliphatic carbocycles. The number of nitrogens with two attached hydrogens (primary N) is 1. The first kappa shape index (κ1) is 53.8. The van der Waals surface area contributed by atoms with Gasteiger partial charge in [-0.3, -0.25) is 19.2 Å². The lowest BCUT2D eigenvalue weighted by molar-refractivity contribution is -0.144. The van der Waals surface area contributed by atoms with Gasteiger partial charge in [0.25, 0.3) is 0 Å². The minimum atomic E-state index is -1.24. The van der Waals surface area contributed by atoms with Crippen LogP contribution in [0.15, 0.2) is 40.6 Å². The zero-order valence-electron chi connectivity index (χ0n) is 41.5. The Balaban J connectivity index is 0.857. The van der Waals surface area contributed by atoms with E-state index in [1.807, 2.05) is 63.5 Å². The Kier molecular flexibility index (Phi) is 18.6. The van der Waals surface area contributed by atoms with E-state index in [2.05, 4.69) is 53.4 Å². The number of aliphatic hydroxyl groups is 2. The quantitative estimate of drug-likeness (QED) is 0.0366. The molecule has 6 rings (SSSR count). The highest BCUT2D eigenvalue weighted by Gasteiger charge is 2.44. The first-order valence-corrected chi connectivity index (χ1v) is 24.7. The predicted octanol–water partition coefficient (Wildman–Crippen LogP) is 3.11. The van der Waals surface area contributed by atoms with E-state index in [0.717, 1.165) is 21.7 Å². The summed E-state index contributed by atoms with van der Waals surface area (Å²) < 4.78 is 18.5. The number of anilines is 1. The summed E-state index contributed by atoms with van der Waals surface area (Å²) >= 11 is 1.57. The number of carbonyl (C=O) groups excluding carboxylic acids is 4. The maximum absolute atomic E-state index is 14.0. The van der Waals surface area contributed by atoms with Crippen molar-refractivity contribution in [3.63, 3.8) is 0 Å². The van der Waals surface area contributed by atoms with Gasteiger partial charge in [-0.05, 0) is 86.4 Å². The van der Waals surface area contributed by atoms with Crippen LogP contribution in [-0.2, 0) is 37.0 Å². The molecule has 1 aliphatic heterocycles. The van der Waals surface area contributed by atoms with Gasteiger partial charge in [-0.1, -0.05) is 51.0 Å². The third kappa shape index (κ3) is 14.8. The molecule has 5 aromatic rings. The highest BCUT2D eigenvalue weighted by Crippen LogP contribution is 2.34. The molecular formula is C49H66N12O9S. The maximum atomic E-state index is 14.0. The number of aryl methyl sites for hydroxylation is 2. The molecule has 0 spiro atoms. The molecule has 1 unspecified atom stereocenters. The van der Waals surface area contributed by atoms with Crippen molar-refractivity contribution in [2.24, 2.45) is 5.41 Å². The van der Waals surface area contributed by atoms with E-state index in [1.165, 1.54) is 4.90 Å². The zero-order valence-corrected chi connectivity index (χ0v) is 42.3. The fourth-order valence-electron chi connectivity index (χ4n) is 7.87. The Bertz CT molecular complexity index is 2680. The third-order valence-electron chi connectivity index (χ3n) is 11.5. The van der Waals surface area contributed by atoms with Crippen LogP contribution in [0.4, 0.5) is 5.82 Å². The highest BCUT2D eigenvalue weighted by molar-refractivity contribution is 7.13. The number of aromatic nitrogens is 6. The number of fused-ring (bicyclic) bond motifs is 1. The van der Waals surface area contributed by atoms with Gasteiger partial charge in [0.2, 0.25) is 23.6 Å². The van der Waals surface area contributed by atoms with Gasteiger partial charge >= 0.3 is 0 Å². The number of benzene rings is 1. The van der Waals surface area contributed by atoms with E-state index >= 15 is 0 Å². The van der Waals surface area contributed by atoms with Gasteiger partial charge in [-0.2, -0.15) is 0 Å². The number of pyridine rings is 1. The minimum Gasteiger partial charge on any atom is -0.490 e. The normalized spacial score (nSPS) is 15.3. The highest BCUT2D eigenvalue weighted by atomic mass is 32.1. The van der Waals surface area contributed by atoms with Crippen LogP contribution in [0.1, 0.15) is 90.6 Å². The maximum Gasteiger partial charge on any atom is 0.246 e. The second-order valence-electron chi connectivity index (χ2n) is 18.9. The first-order valence-electron chi connectivity index (χ1n) is 23.8. The summed E-state index contributed by atoms with van der Waals surface area (Å²) in [6, 6.07) is 5.98. The summed E-state index contributed by atoms with van der Waals surface area (Å²) in [4.78, 5) is 68.9. The van der Waals surface area contributed by atoms with Gasteiger partial charge < -0.3 is 56.2 Å². The molecule has 1 fully saturated rings. The summed E-state index contributed by atoms with van der Waals surface area (Å²) in [6.07, 6.45) is 2.36. The van der Waals surface area contributed by atoms with E-state index in [9.17, 15) is 29.4 Å². The van der Waals surface area contributed by atoms with E-state index < -0.39 is 41.0 Å². The SMILES string of the molecule is CCn1c(-c2nonc2N)nc2c(C#CC(C)(C)O)ncc(OCCCNCCCC(=O)NCCOCCC(=O)NC(C(=O)N3C[C@H](O)C[C@H]3C(=O)NCc3ccc(-c4scnc4C)cc3)C(C)(C)C)c21. The third-order valence-corrected chi connectivity index (χ3v) is 12.5. The molecule has 0 saturated carbocycles. The van der Waals surface area contributed by atoms with Crippen LogP contribution in [0.3, 0.4) is 0 Å². The fourth-order valence-corrected chi connectivity index (χ4v) is 8.68. The zero-order chi connectivity index (χ0) is 51.3. The van der Waals surface area contributed by atoms with Gasteiger partial charge in [0.05, 0.1) is 48.2 Å². The molecule has 4 amide bonds. The molecule has 4 aromatic heterocycles. The second kappa shape index (κ2) is 24.6. The molecule has 22 heteroatoms. The van der Waals surface area contributed by atoms with E-state index in [-0.39, 0.29) is 69.0 Å². The second-order valence-corrected chi connectivity index (χ2v) is 19.7. The molecule has 1 saturated heterocycles. The number of carbonyl (C=O) groups is 4. The van der Waals surface area contributed by atoms with Crippen molar-refractivity contribution < 1.29 is 43.5 Å². The van der Waals surface area contributed by atoms with Crippen molar-refractivity contribution in [3.8, 4) is 39.5 Å². The molecule has 3 atom stereocenters. The number of imidazole rings is 1. The standard InChI is InChI=1S/C49H66N12O9S/c1-8-60-41-36(27-53-34(16-18-49(6,7)67)39(41)57-45(60)40-44(50)59-70-58-40)69-22-10-20-51-19-9-11-37(63)52-21-24-68-23-17-38(64)56-43(48(3,4)5)47(66)61-28-33(62)25-35(61)46(65)54-26-31-12-14-32(15-13-31)42-30(2)55-29-71-42/h12-15,27,29,33,35,43,51,62,67H,8-11,17,19-26,28H2,1-7H3,(H2,50,59)(H,52,63)(H,54,65)(H,56,64)/t33-,35+,43?/m1/s1. The Morgan fingerprint density at radius 1 is 0.986 bits per heavy atom. The lowest BCUT2D eigenvalue weighted by atomic mass is 9.85. The Hall–Kier alpha value is -6.51. The van der Waals surface area contributed by atoms with Crippen LogP contribution in [0.2, 0.25) is 0 Å². The number of thiazole rings is 1. The van der Waals surface area contributed by atoms with Gasteiger partial charge in [0.15, 0.2) is 23.1 Å². The van der Waals surface area contributed by atoms with Crippen molar-refractivity contribution in [3.05, 3.63) is 52.9 Å². The summed E-state index contributed by atoms with van der Waals surface area (Å²) in [5.41, 5.74) is 10.5. The number of hydrogen-bond donors (Lipinski definition) is 7. The summed E-state index contributed by atoms with van der Waals surface area (Å²) in [7, 11) is 0. The van der Waals surface area contributed by atoms with Crippen LogP contribution in [-0.4, -0.2) is 138 Å².